The quantitative estimate of drug-likeness (QED) is 0.738. The number of hydrogen-bond acceptors (Lipinski definition) is 3. The Morgan fingerprint density at radius 1 is 1.71 bits per heavy atom. The van der Waals surface area contributed by atoms with Crippen LogP contribution >= 0.6 is 12.2 Å². The minimum absolute atomic E-state index is 0.249. The smallest absolute Gasteiger partial charge is 0.274 e. The van der Waals surface area contributed by atoms with Gasteiger partial charge in [0.25, 0.3) is 5.91 Å². The average molecular weight is 214 g/mol. The first-order valence-electron chi connectivity index (χ1n) is 4.58. The number of aromatic nitrogens is 3. The van der Waals surface area contributed by atoms with Crippen LogP contribution in [0.15, 0.2) is 0 Å². The summed E-state index contributed by atoms with van der Waals surface area (Å²) in [5, 5.41) is 9.08. The zero-order valence-corrected chi connectivity index (χ0v) is 9.15. The van der Waals surface area contributed by atoms with Crippen molar-refractivity contribution in [3.05, 3.63) is 10.3 Å². The van der Waals surface area contributed by atoms with E-state index in [1.807, 2.05) is 0 Å². The first kappa shape index (κ1) is 10.9. The highest BCUT2D eigenvalue weighted by Crippen LogP contribution is 2.00. The molecular weight excluding hydrogens is 200 g/mol. The van der Waals surface area contributed by atoms with E-state index >= 15 is 0 Å². The number of hydrogen-bond donors (Lipinski definition) is 2. The highest BCUT2D eigenvalue weighted by atomic mass is 32.1. The van der Waals surface area contributed by atoms with Crippen LogP contribution in [-0.4, -0.2) is 27.9 Å². The molecule has 0 bridgehead atoms. The van der Waals surface area contributed by atoms with Crippen LogP contribution in [0.2, 0.25) is 0 Å². The lowest BCUT2D eigenvalue weighted by molar-refractivity contribution is 0.0957. The Labute approximate surface area is 87.5 Å². The number of aryl methyl sites for hydroxylation is 1. The van der Waals surface area contributed by atoms with Crippen molar-refractivity contribution in [3.8, 4) is 0 Å². The molecule has 1 aromatic heterocycles. The van der Waals surface area contributed by atoms with Crippen LogP contribution in [0.3, 0.4) is 0 Å². The van der Waals surface area contributed by atoms with Crippen LogP contribution in [0, 0.1) is 4.64 Å². The highest BCUT2D eigenvalue weighted by molar-refractivity contribution is 7.71. The van der Waals surface area contributed by atoms with Crippen molar-refractivity contribution >= 4 is 18.1 Å². The van der Waals surface area contributed by atoms with E-state index in [0.29, 0.717) is 10.3 Å². The summed E-state index contributed by atoms with van der Waals surface area (Å²) in [5.41, 5.74) is 0.290. The fourth-order valence-electron chi connectivity index (χ4n) is 1.07. The normalized spacial score (nSPS) is 10.1. The van der Waals surface area contributed by atoms with E-state index in [9.17, 15) is 4.79 Å². The van der Waals surface area contributed by atoms with E-state index in [0.717, 1.165) is 19.4 Å². The van der Waals surface area contributed by atoms with Gasteiger partial charge in [-0.2, -0.15) is 5.10 Å². The highest BCUT2D eigenvalue weighted by Gasteiger charge is 2.11. The van der Waals surface area contributed by atoms with E-state index in [-0.39, 0.29) is 5.91 Å². The van der Waals surface area contributed by atoms with Gasteiger partial charge in [0.05, 0.1) is 0 Å². The first-order valence-corrected chi connectivity index (χ1v) is 4.98. The van der Waals surface area contributed by atoms with Crippen molar-refractivity contribution in [1.29, 1.82) is 0 Å². The average Bonchev–Trinajstić information content (AvgIpc) is 2.56. The molecular formula is C8H14N4OS. The maximum atomic E-state index is 11.2. The molecule has 14 heavy (non-hydrogen) atoms. The fourth-order valence-corrected chi connectivity index (χ4v) is 1.34. The van der Waals surface area contributed by atoms with Gasteiger partial charge in [0.15, 0.2) is 10.3 Å². The van der Waals surface area contributed by atoms with E-state index in [1.54, 1.807) is 11.7 Å². The van der Waals surface area contributed by atoms with Gasteiger partial charge >= 0.3 is 0 Å². The number of H-pyrrole nitrogens is 1. The second-order valence-corrected chi connectivity index (χ2v) is 3.34. The number of unbranched alkanes of at least 4 members (excludes halogenated alkanes) is 1. The molecule has 1 heterocycles. The second-order valence-electron chi connectivity index (χ2n) is 2.95. The minimum Gasteiger partial charge on any atom is -0.354 e. The Balaban J connectivity index is 2.86. The summed E-state index contributed by atoms with van der Waals surface area (Å²) in [5.74, 6) is -0.249. The first-order chi connectivity index (χ1) is 6.70. The van der Waals surface area contributed by atoms with E-state index < -0.39 is 0 Å². The van der Waals surface area contributed by atoms with Gasteiger partial charge in [-0.25, -0.2) is 5.21 Å². The molecule has 0 aliphatic carbocycles. The van der Waals surface area contributed by atoms with Gasteiger partial charge in [0, 0.05) is 13.6 Å². The Kier molecular flexibility index (Phi) is 3.82. The minimum atomic E-state index is -0.249. The topological polar surface area (TPSA) is 62.7 Å². The molecule has 6 heteroatoms. The number of carbonyl (C=O) groups excluding carboxylic acids is 1. The van der Waals surface area contributed by atoms with Crippen LogP contribution in [0.1, 0.15) is 30.3 Å². The summed E-state index contributed by atoms with van der Waals surface area (Å²) in [6, 6.07) is 0. The van der Waals surface area contributed by atoms with Gasteiger partial charge in [0.1, 0.15) is 0 Å². The molecule has 2 N–H and O–H groups in total. The Bertz CT molecular complexity index is 368. The molecule has 0 saturated carbocycles. The molecule has 0 unspecified atom stereocenters. The molecule has 0 atom stereocenters. The van der Waals surface area contributed by atoms with Crippen LogP contribution < -0.4 is 5.32 Å². The molecule has 1 amide bonds. The zero-order valence-electron chi connectivity index (χ0n) is 8.33. The van der Waals surface area contributed by atoms with Crippen LogP contribution in [0.5, 0.6) is 0 Å². The van der Waals surface area contributed by atoms with Crippen LogP contribution in [0.25, 0.3) is 0 Å². The molecule has 78 valence electrons. The molecule has 5 nitrogen and oxygen atoms in total. The Hall–Kier alpha value is -1.17. The van der Waals surface area contributed by atoms with Gasteiger partial charge in [-0.05, 0) is 6.42 Å². The van der Waals surface area contributed by atoms with Crippen molar-refractivity contribution in [2.75, 3.05) is 7.05 Å². The van der Waals surface area contributed by atoms with E-state index in [1.165, 1.54) is 0 Å². The summed E-state index contributed by atoms with van der Waals surface area (Å²) >= 11 is 5.09. The SMILES string of the molecule is CCCCn1[nH]nc(C(=O)NC)c1=S. The molecule has 1 rings (SSSR count). The van der Waals surface area contributed by atoms with Crippen molar-refractivity contribution in [1.82, 2.24) is 20.3 Å². The maximum Gasteiger partial charge on any atom is 0.274 e. The molecule has 0 radical (unpaired) electrons. The zero-order chi connectivity index (χ0) is 10.6. The second kappa shape index (κ2) is 4.90. The Morgan fingerprint density at radius 3 is 3.00 bits per heavy atom. The summed E-state index contributed by atoms with van der Waals surface area (Å²) in [6.45, 7) is 2.87. The lowest BCUT2D eigenvalue weighted by atomic mass is 10.3. The van der Waals surface area contributed by atoms with Crippen molar-refractivity contribution in [2.24, 2.45) is 0 Å². The molecule has 0 fully saturated rings. The van der Waals surface area contributed by atoms with Gasteiger partial charge in [-0.3, -0.25) is 9.48 Å². The lowest BCUT2D eigenvalue weighted by Gasteiger charge is -1.97. The molecule has 0 aliphatic rings. The molecule has 0 spiro atoms. The number of rotatable bonds is 4. The summed E-state index contributed by atoms with van der Waals surface area (Å²) in [4.78, 5) is 11.2. The molecule has 1 aromatic rings. The number of nitrogens with zero attached hydrogens (tertiary/aromatic N) is 2. The van der Waals surface area contributed by atoms with Crippen molar-refractivity contribution in [3.63, 3.8) is 0 Å². The predicted molar refractivity (Wildman–Crippen MR) is 55.7 cm³/mol. The third-order valence-electron chi connectivity index (χ3n) is 1.91. The number of carbonyl (C=O) groups is 1. The Morgan fingerprint density at radius 2 is 2.43 bits per heavy atom. The molecule has 0 aromatic carbocycles. The molecule has 0 aliphatic heterocycles. The van der Waals surface area contributed by atoms with Gasteiger partial charge in [-0.1, -0.05) is 25.6 Å². The van der Waals surface area contributed by atoms with Gasteiger partial charge in [-0.15, -0.1) is 0 Å². The van der Waals surface area contributed by atoms with Gasteiger partial charge < -0.3 is 5.32 Å². The van der Waals surface area contributed by atoms with E-state index in [2.05, 4.69) is 22.6 Å². The predicted octanol–water partition coefficient (Wildman–Crippen LogP) is 1.10. The summed E-state index contributed by atoms with van der Waals surface area (Å²) in [6.07, 6.45) is 2.10. The lowest BCUT2D eigenvalue weighted by Crippen LogP contribution is -2.18. The number of nitrogens with one attached hydrogen (secondary N) is 2. The van der Waals surface area contributed by atoms with E-state index in [4.69, 9.17) is 12.2 Å². The maximum absolute atomic E-state index is 11.2. The number of amides is 1. The van der Waals surface area contributed by atoms with Crippen molar-refractivity contribution < 1.29 is 4.79 Å². The number of aromatic amines is 1. The summed E-state index contributed by atoms with van der Waals surface area (Å²) in [7, 11) is 1.56. The summed E-state index contributed by atoms with van der Waals surface area (Å²) < 4.78 is 2.18. The van der Waals surface area contributed by atoms with Crippen LogP contribution in [-0.2, 0) is 6.54 Å². The monoisotopic (exact) mass is 214 g/mol. The van der Waals surface area contributed by atoms with Crippen LogP contribution in [0.4, 0.5) is 0 Å². The van der Waals surface area contributed by atoms with Crippen molar-refractivity contribution in [2.45, 2.75) is 26.3 Å². The fraction of sp³-hybridized carbons (Fsp3) is 0.625. The largest absolute Gasteiger partial charge is 0.354 e. The molecule has 0 saturated heterocycles. The third-order valence-corrected chi connectivity index (χ3v) is 2.32. The van der Waals surface area contributed by atoms with Gasteiger partial charge in [0.2, 0.25) is 0 Å². The third kappa shape index (κ3) is 2.20. The standard InChI is InChI=1S/C8H14N4OS/c1-3-4-5-12-8(14)6(10-11-12)7(13)9-2/h11H,3-5H2,1-2H3,(H,9,13).